The first-order chi connectivity index (χ1) is 8.27. The van der Waals surface area contributed by atoms with Crippen LogP contribution in [0.3, 0.4) is 0 Å². The fourth-order valence-electron chi connectivity index (χ4n) is 1.64. The fraction of sp³-hybridized carbons (Fsp3) is 0.429. The lowest BCUT2D eigenvalue weighted by molar-refractivity contribution is -0.123. The third-order valence-corrected chi connectivity index (χ3v) is 2.61. The molecule has 1 rings (SSSR count). The summed E-state index contributed by atoms with van der Waals surface area (Å²) in [5.74, 6) is -0.652. The zero-order chi connectivity index (χ0) is 12.5. The highest BCUT2D eigenvalue weighted by molar-refractivity contribution is 5.80. The summed E-state index contributed by atoms with van der Waals surface area (Å²) in [6, 6.07) is 12.0. The standard InChI is InChI=1S/C14H18N2O/c1-2-6-13(11-15)14(17)16-10-9-12-7-4-3-5-8-12/h3-5,7-8,13H,2,6,9-10H2,1H3,(H,16,17). The number of amides is 1. The van der Waals surface area contributed by atoms with Crippen LogP contribution in [0.5, 0.6) is 0 Å². The van der Waals surface area contributed by atoms with Crippen LogP contribution in [0.1, 0.15) is 25.3 Å². The lowest BCUT2D eigenvalue weighted by Gasteiger charge is -2.09. The van der Waals surface area contributed by atoms with E-state index in [1.165, 1.54) is 5.56 Å². The molecule has 0 saturated carbocycles. The van der Waals surface area contributed by atoms with Crippen molar-refractivity contribution < 1.29 is 4.79 Å². The third kappa shape index (κ3) is 4.69. The van der Waals surface area contributed by atoms with E-state index < -0.39 is 5.92 Å². The van der Waals surface area contributed by atoms with Gasteiger partial charge in [-0.25, -0.2) is 0 Å². The molecule has 90 valence electrons. The summed E-state index contributed by atoms with van der Waals surface area (Å²) < 4.78 is 0. The second-order valence-electron chi connectivity index (χ2n) is 4.00. The van der Waals surface area contributed by atoms with Crippen molar-refractivity contribution >= 4 is 5.91 Å². The van der Waals surface area contributed by atoms with Crippen molar-refractivity contribution in [1.82, 2.24) is 5.32 Å². The van der Waals surface area contributed by atoms with Crippen LogP contribution >= 0.6 is 0 Å². The molecule has 0 heterocycles. The number of hydrogen-bond donors (Lipinski definition) is 1. The van der Waals surface area contributed by atoms with Gasteiger partial charge in [0.25, 0.3) is 0 Å². The van der Waals surface area contributed by atoms with Gasteiger partial charge in [-0.05, 0) is 18.4 Å². The van der Waals surface area contributed by atoms with Crippen molar-refractivity contribution in [3.63, 3.8) is 0 Å². The van der Waals surface area contributed by atoms with E-state index >= 15 is 0 Å². The van der Waals surface area contributed by atoms with Crippen molar-refractivity contribution in [1.29, 1.82) is 5.26 Å². The molecule has 0 aliphatic rings. The summed E-state index contributed by atoms with van der Waals surface area (Å²) in [7, 11) is 0. The highest BCUT2D eigenvalue weighted by atomic mass is 16.1. The van der Waals surface area contributed by atoms with E-state index in [1.807, 2.05) is 43.3 Å². The molecular weight excluding hydrogens is 212 g/mol. The SMILES string of the molecule is CCCC(C#N)C(=O)NCCc1ccccc1. The predicted octanol–water partition coefficient (Wildman–Crippen LogP) is 2.29. The number of hydrogen-bond acceptors (Lipinski definition) is 2. The minimum Gasteiger partial charge on any atom is -0.355 e. The van der Waals surface area contributed by atoms with Crippen molar-refractivity contribution in [3.8, 4) is 6.07 Å². The van der Waals surface area contributed by atoms with Gasteiger partial charge in [0.15, 0.2) is 0 Å². The molecule has 0 bridgehead atoms. The van der Waals surface area contributed by atoms with Crippen LogP contribution in [0.15, 0.2) is 30.3 Å². The second-order valence-corrected chi connectivity index (χ2v) is 4.00. The summed E-state index contributed by atoms with van der Waals surface area (Å²) in [6.07, 6.45) is 2.29. The molecule has 1 N–H and O–H groups in total. The number of nitrogens with zero attached hydrogens (tertiary/aromatic N) is 1. The summed E-state index contributed by atoms with van der Waals surface area (Å²) in [4.78, 5) is 11.6. The molecule has 1 aromatic rings. The van der Waals surface area contributed by atoms with Gasteiger partial charge in [0.05, 0.1) is 6.07 Å². The Kier molecular flexibility index (Phi) is 5.81. The van der Waals surface area contributed by atoms with Crippen LogP contribution in [-0.2, 0) is 11.2 Å². The first kappa shape index (κ1) is 13.2. The Hall–Kier alpha value is -1.82. The lowest BCUT2D eigenvalue weighted by Crippen LogP contribution is -2.31. The van der Waals surface area contributed by atoms with Crippen LogP contribution < -0.4 is 5.32 Å². The molecule has 1 aromatic carbocycles. The largest absolute Gasteiger partial charge is 0.355 e. The molecule has 0 saturated heterocycles. The van der Waals surface area contributed by atoms with Crippen molar-refractivity contribution in [2.24, 2.45) is 5.92 Å². The van der Waals surface area contributed by atoms with Gasteiger partial charge < -0.3 is 5.32 Å². The van der Waals surface area contributed by atoms with Gasteiger partial charge in [-0.15, -0.1) is 0 Å². The Balaban J connectivity index is 2.31. The first-order valence-electron chi connectivity index (χ1n) is 5.99. The molecule has 1 atom stereocenters. The number of carbonyl (C=O) groups excluding carboxylic acids is 1. The number of benzene rings is 1. The van der Waals surface area contributed by atoms with Gasteiger partial charge in [-0.1, -0.05) is 43.7 Å². The zero-order valence-corrected chi connectivity index (χ0v) is 10.1. The molecule has 0 aromatic heterocycles. The Morgan fingerprint density at radius 1 is 1.41 bits per heavy atom. The number of nitriles is 1. The number of rotatable bonds is 6. The minimum absolute atomic E-state index is 0.148. The van der Waals surface area contributed by atoms with Crippen LogP contribution in [0.2, 0.25) is 0 Å². The molecule has 0 radical (unpaired) electrons. The third-order valence-electron chi connectivity index (χ3n) is 2.61. The van der Waals surface area contributed by atoms with Gasteiger partial charge in [0.2, 0.25) is 5.91 Å². The average Bonchev–Trinajstić information content (AvgIpc) is 2.37. The molecule has 0 spiro atoms. The fourth-order valence-corrected chi connectivity index (χ4v) is 1.64. The molecule has 1 amide bonds. The van der Waals surface area contributed by atoms with Crippen molar-refractivity contribution in [2.75, 3.05) is 6.54 Å². The lowest BCUT2D eigenvalue weighted by atomic mass is 10.0. The molecule has 0 aliphatic heterocycles. The molecule has 1 unspecified atom stereocenters. The normalized spacial score (nSPS) is 11.5. The Labute approximate surface area is 102 Å². The number of nitrogens with one attached hydrogen (secondary N) is 1. The van der Waals surface area contributed by atoms with Crippen LogP contribution in [-0.4, -0.2) is 12.5 Å². The van der Waals surface area contributed by atoms with Gasteiger partial charge in [-0.3, -0.25) is 4.79 Å². The zero-order valence-electron chi connectivity index (χ0n) is 10.1. The van der Waals surface area contributed by atoms with E-state index in [0.717, 1.165) is 12.8 Å². The van der Waals surface area contributed by atoms with Crippen LogP contribution in [0.4, 0.5) is 0 Å². The molecule has 17 heavy (non-hydrogen) atoms. The van der Waals surface area contributed by atoms with E-state index in [9.17, 15) is 4.79 Å². The highest BCUT2D eigenvalue weighted by Crippen LogP contribution is 2.05. The van der Waals surface area contributed by atoms with Gasteiger partial charge in [-0.2, -0.15) is 5.26 Å². The maximum absolute atomic E-state index is 11.6. The van der Waals surface area contributed by atoms with Gasteiger partial charge in [0, 0.05) is 6.54 Å². The van der Waals surface area contributed by atoms with Crippen LogP contribution in [0.25, 0.3) is 0 Å². The predicted molar refractivity (Wildman–Crippen MR) is 67.2 cm³/mol. The molecular formula is C14H18N2O. The van der Waals surface area contributed by atoms with Crippen molar-refractivity contribution in [3.05, 3.63) is 35.9 Å². The average molecular weight is 230 g/mol. The Morgan fingerprint density at radius 3 is 2.71 bits per heavy atom. The van der Waals surface area contributed by atoms with E-state index in [1.54, 1.807) is 0 Å². The maximum Gasteiger partial charge on any atom is 0.237 e. The first-order valence-corrected chi connectivity index (χ1v) is 5.99. The maximum atomic E-state index is 11.6. The molecule has 3 nitrogen and oxygen atoms in total. The topological polar surface area (TPSA) is 52.9 Å². The molecule has 0 fully saturated rings. The quantitative estimate of drug-likeness (QED) is 0.815. The van der Waals surface area contributed by atoms with Gasteiger partial charge in [0.1, 0.15) is 5.92 Å². The monoisotopic (exact) mass is 230 g/mol. The molecule has 3 heteroatoms. The van der Waals surface area contributed by atoms with Gasteiger partial charge >= 0.3 is 0 Å². The van der Waals surface area contributed by atoms with Crippen LogP contribution in [0, 0.1) is 17.2 Å². The van der Waals surface area contributed by atoms with E-state index in [2.05, 4.69) is 5.32 Å². The highest BCUT2D eigenvalue weighted by Gasteiger charge is 2.15. The second kappa shape index (κ2) is 7.45. The summed E-state index contributed by atoms with van der Waals surface area (Å²) in [5, 5.41) is 11.6. The molecule has 0 aliphatic carbocycles. The summed E-state index contributed by atoms with van der Waals surface area (Å²) >= 11 is 0. The minimum atomic E-state index is -0.504. The number of carbonyl (C=O) groups is 1. The Morgan fingerprint density at radius 2 is 2.12 bits per heavy atom. The summed E-state index contributed by atoms with van der Waals surface area (Å²) in [6.45, 7) is 2.56. The smallest absolute Gasteiger partial charge is 0.237 e. The van der Waals surface area contributed by atoms with E-state index in [-0.39, 0.29) is 5.91 Å². The van der Waals surface area contributed by atoms with E-state index in [4.69, 9.17) is 5.26 Å². The summed E-state index contributed by atoms with van der Waals surface area (Å²) in [5.41, 5.74) is 1.19. The Bertz CT molecular complexity index is 381. The van der Waals surface area contributed by atoms with Crippen molar-refractivity contribution in [2.45, 2.75) is 26.2 Å². The van der Waals surface area contributed by atoms with E-state index in [0.29, 0.717) is 13.0 Å².